The van der Waals surface area contributed by atoms with E-state index in [-0.39, 0.29) is 17.1 Å². The summed E-state index contributed by atoms with van der Waals surface area (Å²) in [5.74, 6) is 0.267. The number of amides is 1. The zero-order valence-electron chi connectivity index (χ0n) is 9.53. The highest BCUT2D eigenvalue weighted by Crippen LogP contribution is 2.37. The van der Waals surface area contributed by atoms with Gasteiger partial charge in [0.05, 0.1) is 5.75 Å². The molecule has 0 atom stereocenters. The van der Waals surface area contributed by atoms with Gasteiger partial charge >= 0.3 is 0 Å². The first-order valence-corrected chi connectivity index (χ1v) is 7.33. The fourth-order valence-corrected chi connectivity index (χ4v) is 3.63. The molecular weight excluding hydrogens is 228 g/mol. The molecule has 2 aliphatic rings. The Labute approximate surface area is 96.2 Å². The fraction of sp³-hybridized carbons (Fsp3) is 0.900. The maximum Gasteiger partial charge on any atom is 0.220 e. The Morgan fingerprint density at radius 1 is 1.38 bits per heavy atom. The number of hydrogen-bond acceptors (Lipinski definition) is 3. The molecule has 0 unspecified atom stereocenters. The van der Waals surface area contributed by atoms with E-state index in [1.54, 1.807) is 11.2 Å². The fourth-order valence-electron chi connectivity index (χ4n) is 2.53. The van der Waals surface area contributed by atoms with Gasteiger partial charge in [0.1, 0.15) is 0 Å². The zero-order chi connectivity index (χ0) is 11.8. The summed E-state index contributed by atoms with van der Waals surface area (Å²) in [5, 5.41) is 2.84. The number of rotatable bonds is 2. The van der Waals surface area contributed by atoms with Crippen LogP contribution in [0.15, 0.2) is 0 Å². The lowest BCUT2D eigenvalue weighted by Crippen LogP contribution is -2.44. The summed E-state index contributed by atoms with van der Waals surface area (Å²) in [5.41, 5.74) is 0.0246. The molecule has 2 fully saturated rings. The Kier molecular flexibility index (Phi) is 2.96. The molecule has 1 amide bonds. The van der Waals surface area contributed by atoms with E-state index in [4.69, 9.17) is 0 Å². The van der Waals surface area contributed by atoms with Crippen LogP contribution in [0.1, 0.15) is 26.2 Å². The maximum atomic E-state index is 11.7. The van der Waals surface area contributed by atoms with Crippen LogP contribution in [0.4, 0.5) is 0 Å². The van der Waals surface area contributed by atoms with Crippen LogP contribution in [-0.2, 0) is 14.8 Å². The second-order valence-corrected chi connectivity index (χ2v) is 7.01. The van der Waals surface area contributed by atoms with Gasteiger partial charge in [-0.3, -0.25) is 4.79 Å². The summed E-state index contributed by atoms with van der Waals surface area (Å²) >= 11 is 0. The molecule has 0 aromatic heterocycles. The first kappa shape index (κ1) is 11.9. The highest BCUT2D eigenvalue weighted by molar-refractivity contribution is 7.89. The summed E-state index contributed by atoms with van der Waals surface area (Å²) in [7, 11) is -3.05. The van der Waals surface area contributed by atoms with Gasteiger partial charge in [0.25, 0.3) is 0 Å². The van der Waals surface area contributed by atoms with E-state index < -0.39 is 10.0 Å². The average molecular weight is 246 g/mol. The summed E-state index contributed by atoms with van der Waals surface area (Å²) < 4.78 is 24.9. The van der Waals surface area contributed by atoms with E-state index in [9.17, 15) is 13.2 Å². The average Bonchev–Trinajstić information content (AvgIpc) is 2.61. The molecule has 0 saturated carbocycles. The van der Waals surface area contributed by atoms with Gasteiger partial charge in [-0.05, 0) is 25.2 Å². The largest absolute Gasteiger partial charge is 0.356 e. The van der Waals surface area contributed by atoms with Gasteiger partial charge in [-0.25, -0.2) is 12.7 Å². The minimum Gasteiger partial charge on any atom is -0.356 e. The van der Waals surface area contributed by atoms with Crippen molar-refractivity contribution in [1.29, 1.82) is 0 Å². The Balaban J connectivity index is 2.00. The number of nitrogens with zero attached hydrogens (tertiary/aromatic N) is 1. The lowest BCUT2D eigenvalue weighted by Gasteiger charge is -2.37. The standard InChI is InChI=1S/C10H18N2O3S/c1-2-16(14,15)12-5-3-10(4-6-12)7-9(13)11-8-10/h2-8H2,1H3,(H,11,13). The van der Waals surface area contributed by atoms with E-state index in [1.165, 1.54) is 0 Å². The van der Waals surface area contributed by atoms with Crippen LogP contribution in [-0.4, -0.2) is 44.0 Å². The normalized spacial score (nSPS) is 25.9. The molecule has 6 heteroatoms. The van der Waals surface area contributed by atoms with Crippen molar-refractivity contribution in [3.05, 3.63) is 0 Å². The van der Waals surface area contributed by atoms with Crippen molar-refractivity contribution in [3.63, 3.8) is 0 Å². The van der Waals surface area contributed by atoms with E-state index in [0.717, 1.165) is 12.8 Å². The minimum absolute atomic E-state index is 0.0246. The summed E-state index contributed by atoms with van der Waals surface area (Å²) in [6.45, 7) is 3.50. The number of carbonyl (C=O) groups excluding carboxylic acids is 1. The number of carbonyl (C=O) groups is 1. The monoisotopic (exact) mass is 246 g/mol. The molecule has 1 N–H and O–H groups in total. The lowest BCUT2D eigenvalue weighted by atomic mass is 9.78. The number of nitrogens with one attached hydrogen (secondary N) is 1. The van der Waals surface area contributed by atoms with Gasteiger partial charge in [0.2, 0.25) is 15.9 Å². The molecule has 0 aliphatic carbocycles. The smallest absolute Gasteiger partial charge is 0.220 e. The molecule has 92 valence electrons. The first-order chi connectivity index (χ1) is 7.47. The van der Waals surface area contributed by atoms with Gasteiger partial charge < -0.3 is 5.32 Å². The lowest BCUT2D eigenvalue weighted by molar-refractivity contribution is -0.119. The maximum absolute atomic E-state index is 11.7. The Hall–Kier alpha value is -0.620. The molecule has 0 aromatic rings. The highest BCUT2D eigenvalue weighted by Gasteiger charge is 2.42. The molecule has 2 aliphatic heterocycles. The van der Waals surface area contributed by atoms with Gasteiger partial charge in [-0.2, -0.15) is 0 Å². The molecular formula is C10H18N2O3S. The van der Waals surface area contributed by atoms with Gasteiger partial charge in [0, 0.05) is 26.1 Å². The van der Waals surface area contributed by atoms with Crippen molar-refractivity contribution >= 4 is 15.9 Å². The number of sulfonamides is 1. The van der Waals surface area contributed by atoms with Crippen LogP contribution in [0.2, 0.25) is 0 Å². The number of hydrogen-bond donors (Lipinski definition) is 1. The summed E-state index contributed by atoms with van der Waals surface area (Å²) in [4.78, 5) is 11.2. The third kappa shape index (κ3) is 2.08. The second-order valence-electron chi connectivity index (χ2n) is 4.75. The predicted molar refractivity (Wildman–Crippen MR) is 60.3 cm³/mol. The van der Waals surface area contributed by atoms with Gasteiger partial charge in [-0.1, -0.05) is 0 Å². The Bertz CT molecular complexity index is 383. The van der Waals surface area contributed by atoms with Crippen LogP contribution >= 0.6 is 0 Å². The molecule has 1 spiro atoms. The van der Waals surface area contributed by atoms with Crippen molar-refractivity contribution in [2.24, 2.45) is 5.41 Å². The zero-order valence-corrected chi connectivity index (χ0v) is 10.3. The molecule has 2 saturated heterocycles. The second kappa shape index (κ2) is 4.00. The van der Waals surface area contributed by atoms with E-state index in [2.05, 4.69) is 5.32 Å². The van der Waals surface area contributed by atoms with Gasteiger partial charge in [-0.15, -0.1) is 0 Å². The van der Waals surface area contributed by atoms with Crippen molar-refractivity contribution in [1.82, 2.24) is 9.62 Å². The first-order valence-electron chi connectivity index (χ1n) is 5.72. The minimum atomic E-state index is -3.05. The van der Waals surface area contributed by atoms with E-state index in [0.29, 0.717) is 26.1 Å². The molecule has 0 aromatic carbocycles. The molecule has 0 radical (unpaired) electrons. The summed E-state index contributed by atoms with van der Waals surface area (Å²) in [6, 6.07) is 0. The Morgan fingerprint density at radius 3 is 2.44 bits per heavy atom. The van der Waals surface area contributed by atoms with E-state index >= 15 is 0 Å². The van der Waals surface area contributed by atoms with Crippen molar-refractivity contribution in [3.8, 4) is 0 Å². The van der Waals surface area contributed by atoms with E-state index in [1.807, 2.05) is 0 Å². The van der Waals surface area contributed by atoms with Crippen molar-refractivity contribution in [2.45, 2.75) is 26.2 Å². The molecule has 2 rings (SSSR count). The molecule has 16 heavy (non-hydrogen) atoms. The summed E-state index contributed by atoms with van der Waals surface area (Å²) in [6.07, 6.45) is 2.16. The molecule has 5 nitrogen and oxygen atoms in total. The topological polar surface area (TPSA) is 66.5 Å². The third-order valence-corrected chi connectivity index (χ3v) is 5.62. The Morgan fingerprint density at radius 2 is 2.00 bits per heavy atom. The highest BCUT2D eigenvalue weighted by atomic mass is 32.2. The molecule has 2 heterocycles. The van der Waals surface area contributed by atoms with Crippen molar-refractivity contribution in [2.75, 3.05) is 25.4 Å². The van der Waals surface area contributed by atoms with Crippen LogP contribution in [0, 0.1) is 5.41 Å². The van der Waals surface area contributed by atoms with Crippen LogP contribution in [0.5, 0.6) is 0 Å². The quantitative estimate of drug-likeness (QED) is 0.742. The predicted octanol–water partition coefficient (Wildman–Crippen LogP) is -0.0618. The number of piperidine rings is 1. The SMILES string of the molecule is CCS(=O)(=O)N1CCC2(CC1)CNC(=O)C2. The van der Waals surface area contributed by atoms with Crippen molar-refractivity contribution < 1.29 is 13.2 Å². The van der Waals surface area contributed by atoms with Crippen LogP contribution < -0.4 is 5.32 Å². The van der Waals surface area contributed by atoms with Crippen LogP contribution in [0.25, 0.3) is 0 Å². The van der Waals surface area contributed by atoms with Crippen LogP contribution in [0.3, 0.4) is 0 Å². The van der Waals surface area contributed by atoms with Gasteiger partial charge in [0.15, 0.2) is 0 Å². The third-order valence-electron chi connectivity index (χ3n) is 3.74. The molecule has 0 bridgehead atoms.